The van der Waals surface area contributed by atoms with E-state index in [0.29, 0.717) is 104 Å². The molecule has 0 aliphatic carbocycles. The highest BCUT2D eigenvalue weighted by Gasteiger charge is 2.18. The molecule has 0 spiro atoms. The van der Waals surface area contributed by atoms with E-state index in [1.165, 1.54) is 45.6 Å². The third kappa shape index (κ3) is 15.7. The SMILES string of the molecule is Cc1ccc2c(n1)OCCO2.Cc1ccc2sc(C)nc2n1.Cc1cnc2c(c1)OCCO2.Cc1nc2c(cc1F)CCO2.Cc1nc2c(cc1F)OCCO2.Cc1nc2cc(C)c(F)cc2s1.Cc1nc2nc(C)c(F)cc2s1. The normalized spacial score (nSPS) is 12.9. The Labute approximate surface area is 471 Å². The van der Waals surface area contributed by atoms with Crippen molar-refractivity contribution in [3.63, 3.8) is 0 Å². The van der Waals surface area contributed by atoms with Crippen molar-refractivity contribution < 1.29 is 50.7 Å². The summed E-state index contributed by atoms with van der Waals surface area (Å²) in [5, 5.41) is 2.98. The quantitative estimate of drug-likeness (QED) is 0.131. The van der Waals surface area contributed by atoms with Crippen LogP contribution in [0, 0.1) is 92.5 Å². The van der Waals surface area contributed by atoms with Crippen molar-refractivity contribution >= 4 is 64.9 Å². The first-order chi connectivity index (χ1) is 38.3. The second kappa shape index (κ2) is 26.8. The van der Waals surface area contributed by atoms with Gasteiger partial charge in [-0.2, -0.15) is 0 Å². The maximum absolute atomic E-state index is 13.0. The molecule has 0 amide bonds. The lowest BCUT2D eigenvalue weighted by Gasteiger charge is -2.17. The summed E-state index contributed by atoms with van der Waals surface area (Å²) in [4.78, 5) is 37.1. The van der Waals surface area contributed by atoms with Crippen LogP contribution in [0.5, 0.6) is 40.8 Å². The molecular weight excluding hydrogens is 1090 g/mol. The molecule has 0 bridgehead atoms. The molecular formula is C57H57F4N9O7S3. The third-order valence-corrected chi connectivity index (χ3v) is 14.2. The van der Waals surface area contributed by atoms with Crippen molar-refractivity contribution in [2.24, 2.45) is 0 Å². The van der Waals surface area contributed by atoms with Gasteiger partial charge >= 0.3 is 0 Å². The molecule has 1 aromatic carbocycles. The Morgan fingerprint density at radius 2 is 0.887 bits per heavy atom. The van der Waals surface area contributed by atoms with E-state index in [9.17, 15) is 17.6 Å². The molecule has 4 aliphatic heterocycles. The second-order valence-corrected chi connectivity index (χ2v) is 21.8. The van der Waals surface area contributed by atoms with Gasteiger partial charge in [0.2, 0.25) is 5.88 Å². The van der Waals surface area contributed by atoms with Gasteiger partial charge in [0, 0.05) is 35.6 Å². The highest BCUT2D eigenvalue weighted by Crippen LogP contribution is 2.31. The maximum Gasteiger partial charge on any atom is 0.257 e. The van der Waals surface area contributed by atoms with Crippen molar-refractivity contribution in [2.45, 2.75) is 75.7 Å². The lowest BCUT2D eigenvalue weighted by Crippen LogP contribution is -2.17. The van der Waals surface area contributed by atoms with Crippen LogP contribution in [0.15, 0.2) is 66.9 Å². The first-order valence-electron chi connectivity index (χ1n) is 25.2. The van der Waals surface area contributed by atoms with Gasteiger partial charge in [-0.15, -0.1) is 34.0 Å². The molecule has 0 saturated heterocycles. The second-order valence-electron chi connectivity index (χ2n) is 18.1. The third-order valence-electron chi connectivity index (χ3n) is 11.4. The van der Waals surface area contributed by atoms with Gasteiger partial charge in [0.05, 0.1) is 58.3 Å². The fraction of sp³-hybridized carbons (Fsp3) is 0.316. The van der Waals surface area contributed by atoms with E-state index in [0.717, 1.165) is 76.0 Å². The van der Waals surface area contributed by atoms with Crippen LogP contribution in [0.2, 0.25) is 0 Å². The Bertz CT molecular complexity index is 3510. The number of fused-ring (bicyclic) bond motifs is 7. The molecule has 4 aliphatic rings. The molecule has 0 unspecified atom stereocenters. The molecule has 80 heavy (non-hydrogen) atoms. The Morgan fingerprint density at radius 3 is 1.60 bits per heavy atom. The van der Waals surface area contributed by atoms with Gasteiger partial charge < -0.3 is 33.2 Å². The van der Waals surface area contributed by atoms with Crippen LogP contribution in [0.4, 0.5) is 17.6 Å². The largest absolute Gasteiger partial charge is 0.484 e. The van der Waals surface area contributed by atoms with Crippen molar-refractivity contribution in [2.75, 3.05) is 46.2 Å². The number of thiazole rings is 3. The van der Waals surface area contributed by atoms with Gasteiger partial charge in [-0.3, -0.25) is 0 Å². The molecule has 14 rings (SSSR count). The first-order valence-corrected chi connectivity index (χ1v) is 27.6. The Morgan fingerprint density at radius 1 is 0.388 bits per heavy atom. The number of benzene rings is 1. The summed E-state index contributed by atoms with van der Waals surface area (Å²) in [6.45, 7) is 22.3. The molecule has 0 fully saturated rings. The number of hydrogen-bond donors (Lipinski definition) is 0. The van der Waals surface area contributed by atoms with Gasteiger partial charge in [-0.05, 0) is 135 Å². The van der Waals surface area contributed by atoms with Crippen LogP contribution in [-0.2, 0) is 6.42 Å². The molecule has 23 heteroatoms. The first kappa shape index (κ1) is 58.3. The summed E-state index contributed by atoms with van der Waals surface area (Å²) < 4.78 is 91.3. The number of rotatable bonds is 0. The van der Waals surface area contributed by atoms with E-state index in [-0.39, 0.29) is 23.3 Å². The zero-order chi connectivity index (χ0) is 57.0. The van der Waals surface area contributed by atoms with Crippen molar-refractivity contribution in [3.8, 4) is 40.8 Å². The smallest absolute Gasteiger partial charge is 0.257 e. The minimum absolute atomic E-state index is 0.147. The van der Waals surface area contributed by atoms with Crippen molar-refractivity contribution in [1.82, 2.24) is 44.9 Å². The highest BCUT2D eigenvalue weighted by molar-refractivity contribution is 7.19. The van der Waals surface area contributed by atoms with Crippen LogP contribution in [0.3, 0.4) is 0 Å². The molecule has 9 aromatic heterocycles. The average molecular weight is 1150 g/mol. The predicted octanol–water partition coefficient (Wildman–Crippen LogP) is 12.9. The fourth-order valence-electron chi connectivity index (χ4n) is 7.48. The lowest BCUT2D eigenvalue weighted by atomic mass is 10.2. The lowest BCUT2D eigenvalue weighted by molar-refractivity contribution is 0.163. The highest BCUT2D eigenvalue weighted by atomic mass is 32.1. The molecule has 418 valence electrons. The number of pyridine rings is 6. The van der Waals surface area contributed by atoms with E-state index >= 15 is 0 Å². The Hall–Kier alpha value is -7.89. The number of aryl methyl sites for hydroxylation is 10. The van der Waals surface area contributed by atoms with Crippen LogP contribution >= 0.6 is 34.0 Å². The predicted molar refractivity (Wildman–Crippen MR) is 301 cm³/mol. The van der Waals surface area contributed by atoms with Gasteiger partial charge in [0.1, 0.15) is 62.9 Å². The molecule has 0 atom stereocenters. The Balaban J connectivity index is 0.000000123. The summed E-state index contributed by atoms with van der Waals surface area (Å²) in [6.07, 6.45) is 2.55. The van der Waals surface area contributed by atoms with Gasteiger partial charge in [0.25, 0.3) is 17.6 Å². The zero-order valence-corrected chi connectivity index (χ0v) is 48.1. The molecule has 10 aromatic rings. The number of hydrogen-bond acceptors (Lipinski definition) is 19. The Kier molecular flexibility index (Phi) is 19.6. The van der Waals surface area contributed by atoms with Crippen LogP contribution in [-0.4, -0.2) is 91.1 Å². The number of ether oxygens (including phenoxy) is 7. The summed E-state index contributed by atoms with van der Waals surface area (Å²) in [7, 11) is 0. The maximum atomic E-state index is 13.0. The van der Waals surface area contributed by atoms with E-state index in [4.69, 9.17) is 33.2 Å². The molecule has 13 heterocycles. The monoisotopic (exact) mass is 1150 g/mol. The van der Waals surface area contributed by atoms with E-state index in [2.05, 4.69) is 50.9 Å². The van der Waals surface area contributed by atoms with Crippen LogP contribution in [0.1, 0.15) is 60.2 Å². The topological polar surface area (TPSA) is 181 Å². The number of nitrogens with zero attached hydrogens (tertiary/aromatic N) is 9. The molecule has 16 nitrogen and oxygen atoms in total. The van der Waals surface area contributed by atoms with Crippen LogP contribution < -0.4 is 33.2 Å². The van der Waals surface area contributed by atoms with Crippen LogP contribution in [0.25, 0.3) is 30.9 Å². The standard InChI is InChI=1S/C9H8FNS.C8H7FN2S.C8H8FNO2.C8H8FNO.C8H8N2S.2C8H9NO2/c1-5-3-8-9(4-7(5)10)12-6(2)11-8;1-4-6(9)3-7-8(10-4)11-5(2)12-7;1-5-6(9)4-7-8(10-5)12-3-2-11-7;1-5-7(9)4-6-2-3-11-8(6)10-5;1-5-3-4-7-8(9-5)10-6(2)11-7;1-6-4-7-8(9-5-6)11-3-2-10-7;1-6-2-3-7-8(9-6)11-5-4-10-7/h3-4H,1-2H3;3H,1-2H3;4H,2-3H2,1H3;4H,2-3H2,1H3;3-4H,1-2H3;4-5H,2-3H2,1H3;2-3H,4-5H2,1H3. The minimum atomic E-state index is -0.362. The van der Waals surface area contributed by atoms with E-state index in [1.54, 1.807) is 57.4 Å². The zero-order valence-electron chi connectivity index (χ0n) is 45.6. The number of aromatic nitrogens is 9. The fourth-order valence-corrected chi connectivity index (χ4v) is 9.88. The van der Waals surface area contributed by atoms with Crippen molar-refractivity contribution in [1.29, 1.82) is 0 Å². The van der Waals surface area contributed by atoms with E-state index in [1.807, 2.05) is 65.8 Å². The molecule has 0 saturated carbocycles. The summed E-state index contributed by atoms with van der Waals surface area (Å²) in [5.74, 6) is 3.12. The summed E-state index contributed by atoms with van der Waals surface area (Å²) in [6, 6.07) is 17.4. The summed E-state index contributed by atoms with van der Waals surface area (Å²) >= 11 is 4.67. The molecule has 0 radical (unpaired) electrons. The van der Waals surface area contributed by atoms with Crippen molar-refractivity contribution in [3.05, 3.63) is 150 Å². The molecule has 0 N–H and O–H groups in total. The average Bonchev–Trinajstić information content (AvgIpc) is 4.23. The van der Waals surface area contributed by atoms with Gasteiger partial charge in [-0.1, -0.05) is 0 Å². The minimum Gasteiger partial charge on any atom is -0.484 e. The van der Waals surface area contributed by atoms with E-state index < -0.39 is 0 Å². The van der Waals surface area contributed by atoms with Gasteiger partial charge in [-0.25, -0.2) is 62.4 Å². The summed E-state index contributed by atoms with van der Waals surface area (Å²) in [5.41, 5.74) is 8.20. The number of halogens is 4. The van der Waals surface area contributed by atoms with Gasteiger partial charge in [0.15, 0.2) is 28.5 Å².